The summed E-state index contributed by atoms with van der Waals surface area (Å²) < 4.78 is 4.98. The number of carbonyl (C=O) groups excluding carboxylic acids is 1. The third kappa shape index (κ3) is 5.15. The van der Waals surface area contributed by atoms with Crippen molar-refractivity contribution < 1.29 is 9.53 Å². The molecule has 0 aliphatic carbocycles. The van der Waals surface area contributed by atoms with Gasteiger partial charge in [-0.15, -0.1) is 0 Å². The summed E-state index contributed by atoms with van der Waals surface area (Å²) in [7, 11) is 0. The van der Waals surface area contributed by atoms with Gasteiger partial charge >= 0.3 is 6.09 Å². The lowest BCUT2D eigenvalue weighted by atomic mass is 10.1. The van der Waals surface area contributed by atoms with E-state index in [4.69, 9.17) is 4.74 Å². The van der Waals surface area contributed by atoms with Crippen LogP contribution in [-0.4, -0.2) is 23.9 Å². The molecule has 6 nitrogen and oxygen atoms in total. The number of nitrogens with one attached hydrogen (secondary N) is 2. The van der Waals surface area contributed by atoms with E-state index < -0.39 is 6.09 Å². The second kappa shape index (κ2) is 8.95. The van der Waals surface area contributed by atoms with Gasteiger partial charge < -0.3 is 4.74 Å². The number of amides is 1. The van der Waals surface area contributed by atoms with E-state index in [9.17, 15) is 4.79 Å². The summed E-state index contributed by atoms with van der Waals surface area (Å²) in [6.07, 6.45) is 1.21. The van der Waals surface area contributed by atoms with Crippen LogP contribution in [0.1, 0.15) is 18.1 Å². The number of ether oxygens (including phenoxy) is 1. The van der Waals surface area contributed by atoms with Crippen molar-refractivity contribution in [3.05, 3.63) is 65.7 Å². The molecule has 27 heavy (non-hydrogen) atoms. The lowest BCUT2D eigenvalue weighted by molar-refractivity contribution is 0.168. The normalized spacial score (nSPS) is 10.7. The molecule has 1 heterocycles. The molecule has 1 amide bonds. The van der Waals surface area contributed by atoms with Crippen molar-refractivity contribution in [2.24, 2.45) is 5.10 Å². The van der Waals surface area contributed by atoms with Gasteiger partial charge in [-0.3, -0.25) is 10.7 Å². The maximum Gasteiger partial charge on any atom is 0.412 e. The summed E-state index contributed by atoms with van der Waals surface area (Å²) >= 11 is 1.30. The highest BCUT2D eigenvalue weighted by molar-refractivity contribution is 7.20. The van der Waals surface area contributed by atoms with E-state index >= 15 is 0 Å². The zero-order valence-corrected chi connectivity index (χ0v) is 15.9. The first-order valence-corrected chi connectivity index (χ1v) is 9.33. The van der Waals surface area contributed by atoms with Crippen LogP contribution < -0.4 is 10.7 Å². The minimum absolute atomic E-state index is 0.303. The maximum atomic E-state index is 11.9. The number of carbonyl (C=O) groups is 1. The largest absolute Gasteiger partial charge is 0.450 e. The van der Waals surface area contributed by atoms with Gasteiger partial charge in [0.2, 0.25) is 5.13 Å². The summed E-state index contributed by atoms with van der Waals surface area (Å²) in [6, 6.07) is 17.7. The Morgan fingerprint density at radius 2 is 1.93 bits per heavy atom. The van der Waals surface area contributed by atoms with E-state index in [1.807, 2.05) is 61.5 Å². The van der Waals surface area contributed by atoms with Gasteiger partial charge in [-0.25, -0.2) is 9.78 Å². The zero-order valence-electron chi connectivity index (χ0n) is 15.1. The van der Waals surface area contributed by atoms with Crippen molar-refractivity contribution in [3.8, 4) is 11.3 Å². The van der Waals surface area contributed by atoms with Crippen LogP contribution in [0.5, 0.6) is 0 Å². The predicted octanol–water partition coefficient (Wildman–Crippen LogP) is 5.13. The average molecular weight is 380 g/mol. The molecule has 0 saturated carbocycles. The number of benzene rings is 2. The van der Waals surface area contributed by atoms with Crippen molar-refractivity contribution in [2.75, 3.05) is 17.3 Å². The fourth-order valence-corrected chi connectivity index (χ4v) is 3.14. The first kappa shape index (κ1) is 18.6. The number of hydrogen-bond donors (Lipinski definition) is 2. The molecule has 138 valence electrons. The molecule has 0 bridgehead atoms. The molecule has 0 fully saturated rings. The van der Waals surface area contributed by atoms with Crippen molar-refractivity contribution in [1.29, 1.82) is 0 Å². The van der Waals surface area contributed by atoms with Crippen molar-refractivity contribution in [1.82, 2.24) is 4.98 Å². The minimum atomic E-state index is -0.506. The minimum Gasteiger partial charge on any atom is -0.450 e. The van der Waals surface area contributed by atoms with E-state index in [0.717, 1.165) is 16.7 Å². The van der Waals surface area contributed by atoms with Crippen molar-refractivity contribution in [3.63, 3.8) is 0 Å². The fourth-order valence-electron chi connectivity index (χ4n) is 2.32. The molecular weight excluding hydrogens is 360 g/mol. The Kier molecular flexibility index (Phi) is 6.17. The smallest absolute Gasteiger partial charge is 0.412 e. The van der Waals surface area contributed by atoms with Crippen LogP contribution in [0.2, 0.25) is 0 Å². The Morgan fingerprint density at radius 1 is 1.19 bits per heavy atom. The van der Waals surface area contributed by atoms with E-state index in [1.165, 1.54) is 11.3 Å². The standard InChI is InChI=1S/C20H20N4O2S/c1-3-26-20(25)23-18-17(16-11-9-14(2)10-12-16)22-19(27-18)24-21-13-15-7-5-4-6-8-15/h4-13H,3H2,1-2H3,(H,22,24)(H,23,25). The summed E-state index contributed by atoms with van der Waals surface area (Å²) in [4.78, 5) is 16.4. The molecule has 3 aromatic rings. The molecule has 7 heteroatoms. The molecule has 0 aliphatic heterocycles. The first-order chi connectivity index (χ1) is 13.2. The molecule has 0 saturated heterocycles. The number of hydrogen-bond acceptors (Lipinski definition) is 6. The van der Waals surface area contributed by atoms with E-state index in [-0.39, 0.29) is 0 Å². The summed E-state index contributed by atoms with van der Waals surface area (Å²) in [5.74, 6) is 0. The number of anilines is 2. The van der Waals surface area contributed by atoms with Crippen LogP contribution in [0.3, 0.4) is 0 Å². The van der Waals surface area contributed by atoms with Crippen LogP contribution in [0.15, 0.2) is 59.7 Å². The Bertz CT molecular complexity index is 921. The SMILES string of the molecule is CCOC(=O)Nc1sc(NN=Cc2ccccc2)nc1-c1ccc(C)cc1. The van der Waals surface area contributed by atoms with Gasteiger partial charge in [0.25, 0.3) is 0 Å². The maximum absolute atomic E-state index is 11.9. The molecule has 0 unspecified atom stereocenters. The Balaban J connectivity index is 1.83. The molecule has 2 aromatic carbocycles. The Morgan fingerprint density at radius 3 is 2.63 bits per heavy atom. The lowest BCUT2D eigenvalue weighted by Crippen LogP contribution is -2.12. The molecule has 1 aromatic heterocycles. The molecule has 2 N–H and O–H groups in total. The quantitative estimate of drug-likeness (QED) is 0.459. The van der Waals surface area contributed by atoms with Gasteiger partial charge in [0.15, 0.2) is 0 Å². The highest BCUT2D eigenvalue weighted by atomic mass is 32.1. The molecule has 3 rings (SSSR count). The summed E-state index contributed by atoms with van der Waals surface area (Å²) in [5.41, 5.74) is 6.63. The van der Waals surface area contributed by atoms with E-state index in [0.29, 0.717) is 22.4 Å². The number of aryl methyl sites for hydroxylation is 1. The van der Waals surface area contributed by atoms with Crippen LogP contribution in [0.4, 0.5) is 14.9 Å². The Hall–Kier alpha value is -3.19. The molecule has 0 spiro atoms. The van der Waals surface area contributed by atoms with Crippen LogP contribution in [-0.2, 0) is 4.74 Å². The average Bonchev–Trinajstić information content (AvgIpc) is 3.06. The monoisotopic (exact) mass is 380 g/mol. The van der Waals surface area contributed by atoms with Gasteiger partial charge in [-0.05, 0) is 19.4 Å². The first-order valence-electron chi connectivity index (χ1n) is 8.51. The van der Waals surface area contributed by atoms with Gasteiger partial charge in [-0.2, -0.15) is 5.10 Å². The van der Waals surface area contributed by atoms with E-state index in [2.05, 4.69) is 20.8 Å². The van der Waals surface area contributed by atoms with Crippen molar-refractivity contribution >= 4 is 33.8 Å². The molecule has 0 atom stereocenters. The van der Waals surface area contributed by atoms with Crippen LogP contribution in [0.25, 0.3) is 11.3 Å². The number of thiazole rings is 1. The third-order valence-electron chi connectivity index (χ3n) is 3.62. The predicted molar refractivity (Wildman–Crippen MR) is 111 cm³/mol. The van der Waals surface area contributed by atoms with Crippen LogP contribution >= 0.6 is 11.3 Å². The van der Waals surface area contributed by atoms with E-state index in [1.54, 1.807) is 13.1 Å². The van der Waals surface area contributed by atoms with Gasteiger partial charge in [0.1, 0.15) is 10.7 Å². The number of rotatable bonds is 6. The third-order valence-corrected chi connectivity index (χ3v) is 4.49. The second-order valence-electron chi connectivity index (χ2n) is 5.69. The number of nitrogens with zero attached hydrogens (tertiary/aromatic N) is 2. The second-order valence-corrected chi connectivity index (χ2v) is 6.69. The Labute approximate surface area is 161 Å². The molecular formula is C20H20N4O2S. The highest BCUT2D eigenvalue weighted by Gasteiger charge is 2.16. The summed E-state index contributed by atoms with van der Waals surface area (Å²) in [5, 5.41) is 8.15. The molecule has 0 radical (unpaired) electrons. The van der Waals surface area contributed by atoms with Gasteiger partial charge in [0, 0.05) is 5.56 Å². The number of hydrazone groups is 1. The lowest BCUT2D eigenvalue weighted by Gasteiger charge is -2.05. The topological polar surface area (TPSA) is 75.6 Å². The fraction of sp³-hybridized carbons (Fsp3) is 0.150. The molecule has 0 aliphatic rings. The zero-order chi connectivity index (χ0) is 19.1. The van der Waals surface area contributed by atoms with Gasteiger partial charge in [0.05, 0.1) is 12.8 Å². The highest BCUT2D eigenvalue weighted by Crippen LogP contribution is 2.36. The summed E-state index contributed by atoms with van der Waals surface area (Å²) in [6.45, 7) is 4.09. The van der Waals surface area contributed by atoms with Crippen molar-refractivity contribution in [2.45, 2.75) is 13.8 Å². The number of aromatic nitrogens is 1. The van der Waals surface area contributed by atoms with Gasteiger partial charge in [-0.1, -0.05) is 71.5 Å². The van der Waals surface area contributed by atoms with Crippen LogP contribution in [0, 0.1) is 6.92 Å².